The summed E-state index contributed by atoms with van der Waals surface area (Å²) in [5.41, 5.74) is 0.339. The van der Waals surface area contributed by atoms with Crippen LogP contribution < -0.4 is 0 Å². The average molecular weight is 271 g/mol. The first-order valence-electron chi connectivity index (χ1n) is 4.74. The van der Waals surface area contributed by atoms with Crippen LogP contribution in [-0.2, 0) is 23.9 Å². The molecule has 0 radical (unpaired) electrons. The van der Waals surface area contributed by atoms with Gasteiger partial charge in [-0.1, -0.05) is 0 Å². The summed E-state index contributed by atoms with van der Waals surface area (Å²) in [4.78, 5) is 14.0. The van der Waals surface area contributed by atoms with Crippen molar-refractivity contribution in [1.29, 1.82) is 0 Å². The smallest absolute Gasteiger partial charge is 0.449 e. The number of aliphatic carboxylic acids is 1. The fourth-order valence-electron chi connectivity index (χ4n) is 1.90. The number of hydrogen-bond acceptors (Lipinski definition) is 2. The molecule has 1 unspecified atom stereocenters. The Labute approximate surface area is 101 Å². The first-order chi connectivity index (χ1) is 7.39. The first-order valence-corrected chi connectivity index (χ1v) is 4.74. The molecule has 0 aromatic carbocycles. The van der Waals surface area contributed by atoms with Gasteiger partial charge in [-0.15, -0.1) is 12.4 Å². The second-order valence-corrected chi connectivity index (χ2v) is 3.75. The van der Waals surface area contributed by atoms with E-state index in [4.69, 9.17) is 5.11 Å². The third-order valence-corrected chi connectivity index (χ3v) is 2.70. The van der Waals surface area contributed by atoms with Crippen molar-refractivity contribution in [2.45, 2.75) is 25.6 Å². The Hall–Kier alpha value is -1.24. The molecule has 1 N–H and O–H groups in total. The lowest BCUT2D eigenvalue weighted by Crippen LogP contribution is -2.27. The minimum absolute atomic E-state index is 0. The molecular formula is C9H10ClF3N2O2. The maximum Gasteiger partial charge on any atom is 0.449 e. The van der Waals surface area contributed by atoms with Crippen LogP contribution in [-0.4, -0.2) is 20.6 Å². The van der Waals surface area contributed by atoms with Crippen LogP contribution in [0.2, 0.25) is 0 Å². The molecule has 1 aromatic rings. The first kappa shape index (κ1) is 13.8. The Morgan fingerprint density at radius 2 is 2.18 bits per heavy atom. The predicted molar refractivity (Wildman–Crippen MR) is 53.9 cm³/mol. The Morgan fingerprint density at radius 3 is 2.71 bits per heavy atom. The van der Waals surface area contributed by atoms with E-state index in [0.717, 1.165) is 10.8 Å². The molecule has 4 nitrogen and oxygen atoms in total. The zero-order chi connectivity index (χ0) is 11.9. The molecule has 1 aliphatic heterocycles. The lowest BCUT2D eigenvalue weighted by Gasteiger charge is -2.22. The van der Waals surface area contributed by atoms with E-state index in [1.165, 1.54) is 0 Å². The summed E-state index contributed by atoms with van der Waals surface area (Å²) >= 11 is 0. The summed E-state index contributed by atoms with van der Waals surface area (Å²) in [6.45, 7) is 0.0567. The molecule has 0 spiro atoms. The number of carboxylic acid groups (broad SMARTS) is 1. The summed E-state index contributed by atoms with van der Waals surface area (Å²) in [7, 11) is 0. The highest BCUT2D eigenvalue weighted by molar-refractivity contribution is 5.85. The van der Waals surface area contributed by atoms with Crippen LogP contribution in [0.5, 0.6) is 0 Å². The van der Waals surface area contributed by atoms with Gasteiger partial charge in [0.15, 0.2) is 0 Å². The van der Waals surface area contributed by atoms with Gasteiger partial charge in [0.25, 0.3) is 0 Å². The van der Waals surface area contributed by atoms with Crippen molar-refractivity contribution in [3.8, 4) is 0 Å². The predicted octanol–water partition coefficient (Wildman–Crippen LogP) is 1.97. The van der Waals surface area contributed by atoms with Gasteiger partial charge in [-0.05, 0) is 6.42 Å². The van der Waals surface area contributed by atoms with Gasteiger partial charge in [0.05, 0.1) is 5.92 Å². The van der Waals surface area contributed by atoms with Crippen molar-refractivity contribution >= 4 is 18.4 Å². The molecule has 0 amide bonds. The van der Waals surface area contributed by atoms with E-state index in [2.05, 4.69) is 4.98 Å². The Kier molecular flexibility index (Phi) is 3.71. The van der Waals surface area contributed by atoms with Crippen LogP contribution in [0.4, 0.5) is 13.2 Å². The number of nitrogens with zero attached hydrogens (tertiary/aromatic N) is 2. The zero-order valence-corrected chi connectivity index (χ0v) is 9.38. The van der Waals surface area contributed by atoms with E-state index in [1.54, 1.807) is 0 Å². The van der Waals surface area contributed by atoms with Gasteiger partial charge in [0, 0.05) is 24.9 Å². The van der Waals surface area contributed by atoms with E-state index in [9.17, 15) is 18.0 Å². The Balaban J connectivity index is 0.00000144. The maximum absolute atomic E-state index is 12.5. The molecule has 8 heteroatoms. The number of alkyl halides is 3. The summed E-state index contributed by atoms with van der Waals surface area (Å²) in [6.07, 6.45) is -3.05. The van der Waals surface area contributed by atoms with Crippen molar-refractivity contribution in [3.05, 3.63) is 17.7 Å². The molecule has 0 bridgehead atoms. The quantitative estimate of drug-likeness (QED) is 0.849. The maximum atomic E-state index is 12.5. The van der Waals surface area contributed by atoms with Gasteiger partial charge < -0.3 is 9.67 Å². The monoisotopic (exact) mass is 270 g/mol. The molecule has 0 aliphatic carbocycles. The van der Waals surface area contributed by atoms with E-state index < -0.39 is 23.9 Å². The van der Waals surface area contributed by atoms with E-state index in [0.29, 0.717) is 5.69 Å². The van der Waals surface area contributed by atoms with E-state index in [1.807, 2.05) is 0 Å². The number of fused-ring (bicyclic) bond motifs is 1. The number of imidazole rings is 1. The Bertz CT molecular complexity index is 430. The second kappa shape index (κ2) is 4.56. The van der Waals surface area contributed by atoms with Gasteiger partial charge in [0.2, 0.25) is 5.82 Å². The Morgan fingerprint density at radius 1 is 1.53 bits per heavy atom. The second-order valence-electron chi connectivity index (χ2n) is 3.75. The molecule has 17 heavy (non-hydrogen) atoms. The molecular weight excluding hydrogens is 261 g/mol. The minimum Gasteiger partial charge on any atom is -0.481 e. The normalized spacial score (nSPS) is 19.4. The molecule has 1 aromatic heterocycles. The van der Waals surface area contributed by atoms with Crippen molar-refractivity contribution in [1.82, 2.24) is 9.55 Å². The van der Waals surface area contributed by atoms with E-state index >= 15 is 0 Å². The largest absolute Gasteiger partial charge is 0.481 e. The molecule has 0 saturated carbocycles. The van der Waals surface area contributed by atoms with Gasteiger partial charge in [-0.25, -0.2) is 4.98 Å². The lowest BCUT2D eigenvalue weighted by molar-refractivity contribution is -0.148. The van der Waals surface area contributed by atoms with Gasteiger partial charge in [0.1, 0.15) is 0 Å². The van der Waals surface area contributed by atoms with Crippen LogP contribution in [0.1, 0.15) is 17.9 Å². The number of aromatic nitrogens is 2. The standard InChI is InChI=1S/C9H9F3N2O2.ClH/c10-9(11,12)8-13-4-6-3-5(7(15)16)1-2-14(6)8;/h4-5H,1-3H2,(H,15,16);1H. The van der Waals surface area contributed by atoms with Crippen LogP contribution in [0.15, 0.2) is 6.20 Å². The summed E-state index contributed by atoms with van der Waals surface area (Å²) in [6, 6.07) is 0. The molecule has 96 valence electrons. The third-order valence-electron chi connectivity index (χ3n) is 2.70. The van der Waals surface area contributed by atoms with Crippen molar-refractivity contribution in [2.75, 3.05) is 0 Å². The van der Waals surface area contributed by atoms with Crippen molar-refractivity contribution < 1.29 is 23.1 Å². The average Bonchev–Trinajstić information content (AvgIpc) is 2.58. The highest BCUT2D eigenvalue weighted by Crippen LogP contribution is 2.32. The van der Waals surface area contributed by atoms with Crippen LogP contribution in [0.3, 0.4) is 0 Å². The zero-order valence-electron chi connectivity index (χ0n) is 8.57. The number of halogens is 4. The fraction of sp³-hybridized carbons (Fsp3) is 0.556. The van der Waals surface area contributed by atoms with Gasteiger partial charge in [-0.2, -0.15) is 13.2 Å². The molecule has 1 atom stereocenters. The third kappa shape index (κ3) is 2.54. The van der Waals surface area contributed by atoms with Crippen LogP contribution in [0, 0.1) is 5.92 Å². The molecule has 2 heterocycles. The van der Waals surface area contributed by atoms with Crippen LogP contribution in [0.25, 0.3) is 0 Å². The van der Waals surface area contributed by atoms with Gasteiger partial charge in [-0.3, -0.25) is 4.79 Å². The number of carbonyl (C=O) groups is 1. The van der Waals surface area contributed by atoms with Crippen LogP contribution >= 0.6 is 12.4 Å². The SMILES string of the molecule is Cl.O=C(O)C1CCn2c(cnc2C(F)(F)F)C1. The highest BCUT2D eigenvalue weighted by Gasteiger charge is 2.39. The molecule has 1 aliphatic rings. The van der Waals surface area contributed by atoms with Crippen molar-refractivity contribution in [3.63, 3.8) is 0 Å². The lowest BCUT2D eigenvalue weighted by atomic mass is 9.96. The molecule has 2 rings (SSSR count). The molecule has 0 saturated heterocycles. The van der Waals surface area contributed by atoms with Gasteiger partial charge >= 0.3 is 12.1 Å². The fourth-order valence-corrected chi connectivity index (χ4v) is 1.90. The highest BCUT2D eigenvalue weighted by atomic mass is 35.5. The van der Waals surface area contributed by atoms with E-state index in [-0.39, 0.29) is 31.8 Å². The number of carboxylic acids is 1. The van der Waals surface area contributed by atoms with Crippen molar-refractivity contribution in [2.24, 2.45) is 5.92 Å². The number of hydrogen-bond donors (Lipinski definition) is 1. The summed E-state index contributed by atoms with van der Waals surface area (Å²) in [5.74, 6) is -2.52. The minimum atomic E-state index is -4.48. The number of rotatable bonds is 1. The topological polar surface area (TPSA) is 55.1 Å². The summed E-state index contributed by atoms with van der Waals surface area (Å²) < 4.78 is 38.5. The summed E-state index contributed by atoms with van der Waals surface area (Å²) in [5, 5.41) is 8.78. The molecule has 0 fully saturated rings.